The van der Waals surface area contributed by atoms with E-state index in [4.69, 9.17) is 4.74 Å². The van der Waals surface area contributed by atoms with Gasteiger partial charge in [0.05, 0.1) is 6.61 Å². The second-order valence-electron chi connectivity index (χ2n) is 6.54. The van der Waals surface area contributed by atoms with Gasteiger partial charge in [0.1, 0.15) is 0 Å². The fraction of sp³-hybridized carbons (Fsp3) is 0.333. The standard InChI is InChI=1S/C21H25FN4O2/c1-3-28-19-9-8-14(10-17(19)22)12-24-21(23-2)25-13-15-11-20(27)26-18-7-5-4-6-16(15)18/h4-10,15H,3,11-13H2,1-2H3,(H,26,27)(H2,23,24,25). The van der Waals surface area contributed by atoms with E-state index in [1.54, 1.807) is 13.1 Å². The minimum Gasteiger partial charge on any atom is -0.491 e. The zero-order valence-electron chi connectivity index (χ0n) is 16.1. The molecule has 1 unspecified atom stereocenters. The summed E-state index contributed by atoms with van der Waals surface area (Å²) in [5, 5.41) is 9.33. The number of nitrogens with zero attached hydrogens (tertiary/aromatic N) is 1. The summed E-state index contributed by atoms with van der Waals surface area (Å²) in [6.07, 6.45) is 0.422. The van der Waals surface area contributed by atoms with Crippen molar-refractivity contribution >= 4 is 17.6 Å². The van der Waals surface area contributed by atoms with Crippen molar-refractivity contribution in [1.29, 1.82) is 0 Å². The van der Waals surface area contributed by atoms with Crippen LogP contribution in [0.5, 0.6) is 5.75 Å². The summed E-state index contributed by atoms with van der Waals surface area (Å²) in [6, 6.07) is 12.7. The number of para-hydroxylation sites is 1. The number of ether oxygens (including phenoxy) is 1. The van der Waals surface area contributed by atoms with Crippen molar-refractivity contribution in [2.75, 3.05) is 25.5 Å². The van der Waals surface area contributed by atoms with Gasteiger partial charge in [-0.2, -0.15) is 0 Å². The largest absolute Gasteiger partial charge is 0.491 e. The Labute approximate surface area is 164 Å². The van der Waals surface area contributed by atoms with E-state index in [0.717, 1.165) is 16.8 Å². The van der Waals surface area contributed by atoms with Crippen molar-refractivity contribution in [3.8, 4) is 5.75 Å². The van der Waals surface area contributed by atoms with E-state index in [-0.39, 0.29) is 23.4 Å². The van der Waals surface area contributed by atoms with Gasteiger partial charge in [0.15, 0.2) is 17.5 Å². The van der Waals surface area contributed by atoms with E-state index in [2.05, 4.69) is 20.9 Å². The molecule has 28 heavy (non-hydrogen) atoms. The Kier molecular flexibility index (Phi) is 6.47. The summed E-state index contributed by atoms with van der Waals surface area (Å²) >= 11 is 0. The van der Waals surface area contributed by atoms with E-state index in [0.29, 0.717) is 32.1 Å². The Morgan fingerprint density at radius 1 is 1.29 bits per heavy atom. The maximum atomic E-state index is 14.0. The SMILES string of the molecule is CCOc1ccc(CNC(=NC)NCC2CC(=O)Nc3ccccc32)cc1F. The molecule has 0 fully saturated rings. The number of benzene rings is 2. The fourth-order valence-electron chi connectivity index (χ4n) is 3.24. The summed E-state index contributed by atoms with van der Waals surface area (Å²) in [5.74, 6) is 0.541. The van der Waals surface area contributed by atoms with Crippen molar-refractivity contribution in [1.82, 2.24) is 10.6 Å². The van der Waals surface area contributed by atoms with Crippen LogP contribution < -0.4 is 20.7 Å². The lowest BCUT2D eigenvalue weighted by atomic mass is 9.90. The van der Waals surface area contributed by atoms with Crippen molar-refractivity contribution in [2.45, 2.75) is 25.8 Å². The van der Waals surface area contributed by atoms with Crippen LogP contribution in [0.3, 0.4) is 0 Å². The molecule has 0 aliphatic carbocycles. The van der Waals surface area contributed by atoms with Crippen LogP contribution in [-0.2, 0) is 11.3 Å². The number of nitrogens with one attached hydrogen (secondary N) is 3. The number of guanidine groups is 1. The number of aliphatic imine (C=N–C) groups is 1. The van der Waals surface area contributed by atoms with E-state index >= 15 is 0 Å². The van der Waals surface area contributed by atoms with Gasteiger partial charge in [0.25, 0.3) is 0 Å². The Bertz CT molecular complexity index is 869. The van der Waals surface area contributed by atoms with E-state index in [9.17, 15) is 9.18 Å². The van der Waals surface area contributed by atoms with Crippen LogP contribution in [0.2, 0.25) is 0 Å². The van der Waals surface area contributed by atoms with Crippen molar-refractivity contribution in [3.05, 3.63) is 59.4 Å². The summed E-state index contributed by atoms with van der Waals surface area (Å²) in [5.41, 5.74) is 2.75. The highest BCUT2D eigenvalue weighted by atomic mass is 19.1. The van der Waals surface area contributed by atoms with Gasteiger partial charge in [-0.1, -0.05) is 24.3 Å². The van der Waals surface area contributed by atoms with Gasteiger partial charge < -0.3 is 20.7 Å². The smallest absolute Gasteiger partial charge is 0.225 e. The number of halogens is 1. The van der Waals surface area contributed by atoms with Gasteiger partial charge in [0, 0.05) is 38.2 Å². The first-order valence-electron chi connectivity index (χ1n) is 9.35. The molecule has 1 amide bonds. The van der Waals surface area contributed by atoms with Crippen molar-refractivity contribution < 1.29 is 13.9 Å². The number of fused-ring (bicyclic) bond motifs is 1. The molecule has 1 aliphatic rings. The molecule has 148 valence electrons. The Hall–Kier alpha value is -3.09. The molecule has 0 bridgehead atoms. The molecule has 0 spiro atoms. The quantitative estimate of drug-likeness (QED) is 0.529. The van der Waals surface area contributed by atoms with E-state index < -0.39 is 0 Å². The number of amides is 1. The number of carbonyl (C=O) groups excluding carboxylic acids is 1. The molecule has 1 aliphatic heterocycles. The molecule has 1 heterocycles. The molecule has 0 saturated heterocycles. The maximum Gasteiger partial charge on any atom is 0.225 e. The van der Waals surface area contributed by atoms with Gasteiger partial charge in [-0.05, 0) is 36.2 Å². The molecular formula is C21H25FN4O2. The first kappa shape index (κ1) is 19.7. The highest BCUT2D eigenvalue weighted by Gasteiger charge is 2.24. The second-order valence-corrected chi connectivity index (χ2v) is 6.54. The molecule has 1 atom stereocenters. The van der Waals surface area contributed by atoms with Crippen LogP contribution in [0.4, 0.5) is 10.1 Å². The average Bonchev–Trinajstić information content (AvgIpc) is 2.70. The topological polar surface area (TPSA) is 74.8 Å². The second kappa shape index (κ2) is 9.21. The monoisotopic (exact) mass is 384 g/mol. The van der Waals surface area contributed by atoms with Crippen molar-refractivity contribution in [2.24, 2.45) is 4.99 Å². The minimum absolute atomic E-state index is 0.0123. The Balaban J connectivity index is 1.57. The van der Waals surface area contributed by atoms with Crippen LogP contribution in [0.1, 0.15) is 30.4 Å². The molecule has 0 radical (unpaired) electrons. The summed E-state index contributed by atoms with van der Waals surface area (Å²) < 4.78 is 19.2. The van der Waals surface area contributed by atoms with E-state index in [1.165, 1.54) is 6.07 Å². The van der Waals surface area contributed by atoms with Gasteiger partial charge in [0.2, 0.25) is 5.91 Å². The summed E-state index contributed by atoms with van der Waals surface area (Å²) in [6.45, 7) is 3.23. The molecule has 3 N–H and O–H groups in total. The predicted octanol–water partition coefficient (Wildman–Crippen LogP) is 3.02. The highest BCUT2D eigenvalue weighted by molar-refractivity contribution is 5.94. The maximum absolute atomic E-state index is 14.0. The summed E-state index contributed by atoms with van der Waals surface area (Å²) in [4.78, 5) is 16.1. The molecule has 7 heteroatoms. The first-order valence-corrected chi connectivity index (χ1v) is 9.35. The third kappa shape index (κ3) is 4.79. The van der Waals surface area contributed by atoms with E-state index in [1.807, 2.05) is 37.3 Å². The summed E-state index contributed by atoms with van der Waals surface area (Å²) in [7, 11) is 1.68. The van der Waals surface area contributed by atoms with Crippen molar-refractivity contribution in [3.63, 3.8) is 0 Å². The molecule has 0 saturated carbocycles. The lowest BCUT2D eigenvalue weighted by molar-refractivity contribution is -0.116. The number of rotatable bonds is 6. The average molecular weight is 384 g/mol. The van der Waals surface area contributed by atoms with Crippen LogP contribution in [0.15, 0.2) is 47.5 Å². The number of carbonyl (C=O) groups is 1. The molecule has 2 aromatic carbocycles. The fourth-order valence-corrected chi connectivity index (χ4v) is 3.24. The predicted molar refractivity (Wildman–Crippen MR) is 108 cm³/mol. The third-order valence-corrected chi connectivity index (χ3v) is 4.60. The van der Waals surface area contributed by atoms with Gasteiger partial charge in [-0.3, -0.25) is 9.79 Å². The molecule has 3 rings (SSSR count). The molecule has 2 aromatic rings. The zero-order valence-corrected chi connectivity index (χ0v) is 16.1. The zero-order chi connectivity index (χ0) is 19.9. The minimum atomic E-state index is -0.381. The van der Waals surface area contributed by atoms with Gasteiger partial charge in [-0.15, -0.1) is 0 Å². The molecule has 0 aromatic heterocycles. The lowest BCUT2D eigenvalue weighted by Crippen LogP contribution is -2.40. The van der Waals surface area contributed by atoms with Gasteiger partial charge in [-0.25, -0.2) is 4.39 Å². The normalized spacial score (nSPS) is 16.2. The molecule has 6 nitrogen and oxygen atoms in total. The Morgan fingerprint density at radius 3 is 2.86 bits per heavy atom. The number of hydrogen-bond donors (Lipinski definition) is 3. The van der Waals surface area contributed by atoms with Crippen LogP contribution in [0.25, 0.3) is 0 Å². The highest BCUT2D eigenvalue weighted by Crippen LogP contribution is 2.31. The first-order chi connectivity index (χ1) is 13.6. The lowest BCUT2D eigenvalue weighted by Gasteiger charge is -2.26. The number of anilines is 1. The van der Waals surface area contributed by atoms with Crippen LogP contribution in [0, 0.1) is 5.82 Å². The molecular weight excluding hydrogens is 359 g/mol. The van der Waals surface area contributed by atoms with Gasteiger partial charge >= 0.3 is 0 Å². The van der Waals surface area contributed by atoms with Crippen LogP contribution in [-0.4, -0.2) is 32.1 Å². The van der Waals surface area contributed by atoms with Crippen LogP contribution >= 0.6 is 0 Å². The Morgan fingerprint density at radius 2 is 2.11 bits per heavy atom. The third-order valence-electron chi connectivity index (χ3n) is 4.60. The number of hydrogen-bond acceptors (Lipinski definition) is 3.